The molecule has 1 atom stereocenters. The molecule has 2 aromatic carbocycles. The third-order valence-electron chi connectivity index (χ3n) is 4.02. The molecule has 0 bridgehead atoms. The molecule has 0 spiro atoms. The van der Waals surface area contributed by atoms with Crippen molar-refractivity contribution in [2.45, 2.75) is 31.7 Å². The van der Waals surface area contributed by atoms with Crippen LogP contribution in [0, 0.1) is 0 Å². The molecule has 112 valence electrons. The molecular formula is C17H19Cl2NO. The summed E-state index contributed by atoms with van der Waals surface area (Å²) in [4.78, 5) is 0. The molecule has 0 aromatic heterocycles. The van der Waals surface area contributed by atoms with Gasteiger partial charge in [-0.25, -0.2) is 0 Å². The van der Waals surface area contributed by atoms with E-state index in [0.717, 1.165) is 29.5 Å². The highest BCUT2D eigenvalue weighted by atomic mass is 35.5. The normalized spacial score (nSPS) is 18.9. The number of hydrogen-bond donors (Lipinski definition) is 1. The van der Waals surface area contributed by atoms with Gasteiger partial charge in [0.25, 0.3) is 0 Å². The van der Waals surface area contributed by atoms with E-state index in [1.165, 1.54) is 19.3 Å². The van der Waals surface area contributed by atoms with Gasteiger partial charge in [-0.3, -0.25) is 0 Å². The van der Waals surface area contributed by atoms with Crippen LogP contribution in [-0.4, -0.2) is 19.2 Å². The summed E-state index contributed by atoms with van der Waals surface area (Å²) in [5.74, 6) is 0.743. The molecule has 3 rings (SSSR count). The fourth-order valence-electron chi connectivity index (χ4n) is 2.89. The molecule has 4 heteroatoms. The zero-order valence-electron chi connectivity index (χ0n) is 11.9. The average molecular weight is 324 g/mol. The minimum absolute atomic E-state index is 0.566. The SMILES string of the molecule is Clc1cc(Cl)c2ccccc2c1OCCC1CCCCN1. The van der Waals surface area contributed by atoms with E-state index >= 15 is 0 Å². The van der Waals surface area contributed by atoms with Crippen LogP contribution in [0.4, 0.5) is 0 Å². The van der Waals surface area contributed by atoms with E-state index in [1.54, 1.807) is 6.07 Å². The Morgan fingerprint density at radius 2 is 1.90 bits per heavy atom. The number of nitrogens with one attached hydrogen (secondary N) is 1. The summed E-state index contributed by atoms with van der Waals surface area (Å²) in [6.07, 6.45) is 4.83. The Balaban J connectivity index is 1.74. The van der Waals surface area contributed by atoms with E-state index < -0.39 is 0 Å². The van der Waals surface area contributed by atoms with Crippen molar-refractivity contribution in [2.24, 2.45) is 0 Å². The zero-order valence-corrected chi connectivity index (χ0v) is 13.4. The highest BCUT2D eigenvalue weighted by molar-refractivity contribution is 6.39. The first-order valence-electron chi connectivity index (χ1n) is 7.48. The number of rotatable bonds is 4. The van der Waals surface area contributed by atoms with E-state index in [1.807, 2.05) is 24.3 Å². The quantitative estimate of drug-likeness (QED) is 0.849. The van der Waals surface area contributed by atoms with Gasteiger partial charge in [-0.15, -0.1) is 0 Å². The largest absolute Gasteiger partial charge is 0.491 e. The van der Waals surface area contributed by atoms with Crippen LogP contribution in [0.25, 0.3) is 10.8 Å². The maximum absolute atomic E-state index is 6.30. The Morgan fingerprint density at radius 3 is 2.67 bits per heavy atom. The Morgan fingerprint density at radius 1 is 1.10 bits per heavy atom. The van der Waals surface area contributed by atoms with Crippen molar-refractivity contribution in [3.05, 3.63) is 40.4 Å². The van der Waals surface area contributed by atoms with Gasteiger partial charge in [0, 0.05) is 16.8 Å². The van der Waals surface area contributed by atoms with Crippen molar-refractivity contribution < 1.29 is 4.74 Å². The first-order valence-corrected chi connectivity index (χ1v) is 8.24. The van der Waals surface area contributed by atoms with Crippen LogP contribution in [0.1, 0.15) is 25.7 Å². The Hall–Kier alpha value is -0.960. The summed E-state index contributed by atoms with van der Waals surface area (Å²) in [6, 6.07) is 10.3. The minimum atomic E-state index is 0.566. The fourth-order valence-corrected chi connectivity index (χ4v) is 3.49. The number of piperidine rings is 1. The van der Waals surface area contributed by atoms with E-state index in [2.05, 4.69) is 5.32 Å². The molecule has 1 heterocycles. The topological polar surface area (TPSA) is 21.3 Å². The lowest BCUT2D eigenvalue weighted by Crippen LogP contribution is -2.35. The fraction of sp³-hybridized carbons (Fsp3) is 0.412. The number of hydrogen-bond acceptors (Lipinski definition) is 2. The monoisotopic (exact) mass is 323 g/mol. The Labute approximate surface area is 135 Å². The van der Waals surface area contributed by atoms with Gasteiger partial charge in [-0.2, -0.15) is 0 Å². The molecule has 0 saturated carbocycles. The molecule has 2 aromatic rings. The smallest absolute Gasteiger partial charge is 0.145 e. The van der Waals surface area contributed by atoms with E-state index in [-0.39, 0.29) is 0 Å². The molecule has 0 amide bonds. The lowest BCUT2D eigenvalue weighted by Gasteiger charge is -2.23. The van der Waals surface area contributed by atoms with Crippen molar-refractivity contribution >= 4 is 34.0 Å². The van der Waals surface area contributed by atoms with E-state index in [9.17, 15) is 0 Å². The van der Waals surface area contributed by atoms with Crippen LogP contribution in [0.15, 0.2) is 30.3 Å². The highest BCUT2D eigenvalue weighted by Crippen LogP contribution is 2.38. The van der Waals surface area contributed by atoms with Gasteiger partial charge in [0.2, 0.25) is 0 Å². The molecule has 21 heavy (non-hydrogen) atoms. The Bertz CT molecular complexity index is 623. The first kappa shape index (κ1) is 15.0. The lowest BCUT2D eigenvalue weighted by molar-refractivity contribution is 0.270. The number of ether oxygens (including phenoxy) is 1. The molecule has 1 aliphatic rings. The summed E-state index contributed by atoms with van der Waals surface area (Å²) in [7, 11) is 0. The standard InChI is InChI=1S/C17H19Cl2NO/c18-15-11-16(19)17(14-7-2-1-6-13(14)15)21-10-8-12-5-3-4-9-20-12/h1-2,6-7,11-12,20H,3-5,8-10H2. The van der Waals surface area contributed by atoms with Crippen molar-refractivity contribution in [1.29, 1.82) is 0 Å². The van der Waals surface area contributed by atoms with E-state index in [0.29, 0.717) is 22.7 Å². The van der Waals surface area contributed by atoms with Crippen molar-refractivity contribution in [2.75, 3.05) is 13.2 Å². The minimum Gasteiger partial charge on any atom is -0.491 e. The van der Waals surface area contributed by atoms with Gasteiger partial charge in [-0.05, 0) is 31.9 Å². The summed E-state index contributed by atoms with van der Waals surface area (Å²) in [6.45, 7) is 1.79. The molecule has 1 unspecified atom stereocenters. The van der Waals surface area contributed by atoms with Gasteiger partial charge in [-0.1, -0.05) is 53.9 Å². The van der Waals surface area contributed by atoms with Crippen LogP contribution in [0.5, 0.6) is 5.75 Å². The molecule has 0 aliphatic carbocycles. The van der Waals surface area contributed by atoms with Gasteiger partial charge < -0.3 is 10.1 Å². The maximum atomic E-state index is 6.30. The second kappa shape index (κ2) is 6.87. The van der Waals surface area contributed by atoms with Gasteiger partial charge >= 0.3 is 0 Å². The third-order valence-corrected chi connectivity index (χ3v) is 4.62. The lowest BCUT2D eigenvalue weighted by atomic mass is 10.0. The third kappa shape index (κ3) is 3.45. The molecule has 0 radical (unpaired) electrons. The number of benzene rings is 2. The molecular weight excluding hydrogens is 305 g/mol. The second-order valence-corrected chi connectivity index (χ2v) is 6.31. The number of fused-ring (bicyclic) bond motifs is 1. The maximum Gasteiger partial charge on any atom is 0.145 e. The predicted octanol–water partition coefficient (Wildman–Crippen LogP) is 5.06. The van der Waals surface area contributed by atoms with Crippen molar-refractivity contribution in [3.8, 4) is 5.75 Å². The molecule has 1 aliphatic heterocycles. The molecule has 1 fully saturated rings. The molecule has 1 N–H and O–H groups in total. The average Bonchev–Trinajstić information content (AvgIpc) is 2.51. The molecule has 2 nitrogen and oxygen atoms in total. The van der Waals surface area contributed by atoms with Crippen molar-refractivity contribution in [3.63, 3.8) is 0 Å². The first-order chi connectivity index (χ1) is 10.3. The van der Waals surface area contributed by atoms with Crippen LogP contribution >= 0.6 is 23.2 Å². The zero-order chi connectivity index (χ0) is 14.7. The summed E-state index contributed by atoms with van der Waals surface area (Å²) in [5, 5.41) is 6.73. The van der Waals surface area contributed by atoms with E-state index in [4.69, 9.17) is 27.9 Å². The predicted molar refractivity (Wildman–Crippen MR) is 89.7 cm³/mol. The summed E-state index contributed by atoms with van der Waals surface area (Å²) < 4.78 is 5.98. The Kier molecular flexibility index (Phi) is 4.89. The van der Waals surface area contributed by atoms with Gasteiger partial charge in [0.1, 0.15) is 5.75 Å². The summed E-state index contributed by atoms with van der Waals surface area (Å²) >= 11 is 12.5. The second-order valence-electron chi connectivity index (χ2n) is 5.50. The van der Waals surface area contributed by atoms with Crippen LogP contribution in [0.3, 0.4) is 0 Å². The number of halogens is 2. The van der Waals surface area contributed by atoms with Gasteiger partial charge in [0.05, 0.1) is 16.7 Å². The summed E-state index contributed by atoms with van der Waals surface area (Å²) in [5.41, 5.74) is 0. The highest BCUT2D eigenvalue weighted by Gasteiger charge is 2.14. The van der Waals surface area contributed by atoms with Crippen LogP contribution < -0.4 is 10.1 Å². The van der Waals surface area contributed by atoms with Crippen LogP contribution in [0.2, 0.25) is 10.0 Å². The van der Waals surface area contributed by atoms with Crippen LogP contribution in [-0.2, 0) is 0 Å². The van der Waals surface area contributed by atoms with Crippen molar-refractivity contribution in [1.82, 2.24) is 5.32 Å². The van der Waals surface area contributed by atoms with Gasteiger partial charge in [0.15, 0.2) is 0 Å². The molecule has 1 saturated heterocycles.